The third-order valence-electron chi connectivity index (χ3n) is 3.98. The van der Waals surface area contributed by atoms with E-state index in [0.717, 1.165) is 10.7 Å². The molecule has 3 rings (SSSR count). The zero-order valence-corrected chi connectivity index (χ0v) is 13.5. The lowest BCUT2D eigenvalue weighted by atomic mass is 9.96. The molecule has 1 heterocycles. The summed E-state index contributed by atoms with van der Waals surface area (Å²) in [5, 5.41) is 17.0. The average molecular weight is 329 g/mol. The number of carbonyl (C=O) groups is 1. The fraction of sp³-hybridized carbons (Fsp3) is 0.222. The molecule has 4 nitrogen and oxygen atoms in total. The van der Waals surface area contributed by atoms with Crippen molar-refractivity contribution in [2.24, 2.45) is 5.10 Å². The van der Waals surface area contributed by atoms with E-state index in [9.17, 15) is 9.90 Å². The number of benzene rings is 2. The molecule has 0 bridgehead atoms. The van der Waals surface area contributed by atoms with Gasteiger partial charge in [0, 0.05) is 17.7 Å². The predicted molar refractivity (Wildman–Crippen MR) is 90.3 cm³/mol. The van der Waals surface area contributed by atoms with Crippen molar-refractivity contribution in [1.29, 1.82) is 0 Å². The number of amides is 1. The molecule has 5 heteroatoms. The van der Waals surface area contributed by atoms with E-state index in [4.69, 9.17) is 11.6 Å². The molecule has 118 valence electrons. The Hall–Kier alpha value is -2.17. The molecule has 2 aromatic rings. The molecule has 0 radical (unpaired) electrons. The lowest BCUT2D eigenvalue weighted by molar-refractivity contribution is -0.0765. The minimum atomic E-state index is -1.48. The van der Waals surface area contributed by atoms with E-state index in [0.29, 0.717) is 29.0 Å². The van der Waals surface area contributed by atoms with Crippen molar-refractivity contribution in [3.63, 3.8) is 0 Å². The first-order valence-corrected chi connectivity index (χ1v) is 7.87. The highest BCUT2D eigenvalue weighted by Crippen LogP contribution is 2.37. The zero-order chi connectivity index (χ0) is 16.4. The Morgan fingerprint density at radius 1 is 1.22 bits per heavy atom. The third kappa shape index (κ3) is 2.76. The molecule has 1 N–H and O–H groups in total. The van der Waals surface area contributed by atoms with Crippen molar-refractivity contribution in [2.45, 2.75) is 25.5 Å². The minimum Gasteiger partial charge on any atom is -0.365 e. The average Bonchev–Trinajstić information content (AvgIpc) is 2.94. The number of hydrogen-bond donors (Lipinski definition) is 1. The number of aliphatic hydroxyl groups is 1. The van der Waals surface area contributed by atoms with E-state index in [2.05, 4.69) is 5.10 Å². The fourth-order valence-electron chi connectivity index (χ4n) is 2.71. The lowest BCUT2D eigenvalue weighted by Gasteiger charge is -2.31. The highest BCUT2D eigenvalue weighted by atomic mass is 35.5. The quantitative estimate of drug-likeness (QED) is 0.931. The Morgan fingerprint density at radius 2 is 1.87 bits per heavy atom. The minimum absolute atomic E-state index is 0.295. The molecular formula is C18H17ClN2O2. The van der Waals surface area contributed by atoms with Gasteiger partial charge in [0.1, 0.15) is 0 Å². The van der Waals surface area contributed by atoms with E-state index in [1.807, 2.05) is 25.1 Å². The van der Waals surface area contributed by atoms with Crippen LogP contribution in [0.5, 0.6) is 0 Å². The van der Waals surface area contributed by atoms with Crippen molar-refractivity contribution >= 4 is 23.2 Å². The molecule has 0 fully saturated rings. The molecule has 1 aliphatic rings. The lowest BCUT2D eigenvalue weighted by Crippen LogP contribution is -2.43. The van der Waals surface area contributed by atoms with Crippen LogP contribution in [0.4, 0.5) is 0 Å². The number of rotatable bonds is 3. The summed E-state index contributed by atoms with van der Waals surface area (Å²) in [6.45, 7) is 1.95. The second kappa shape index (κ2) is 6.14. The molecule has 1 aliphatic heterocycles. The van der Waals surface area contributed by atoms with Crippen LogP contribution in [-0.2, 0) is 5.72 Å². The topological polar surface area (TPSA) is 52.9 Å². The van der Waals surface area contributed by atoms with E-state index in [-0.39, 0.29) is 0 Å². The van der Waals surface area contributed by atoms with Crippen molar-refractivity contribution in [2.75, 3.05) is 0 Å². The van der Waals surface area contributed by atoms with Gasteiger partial charge in [-0.25, -0.2) is 0 Å². The first-order valence-electron chi connectivity index (χ1n) is 7.49. The Labute approximate surface area is 140 Å². The normalized spacial score (nSPS) is 20.5. The molecule has 0 aromatic heterocycles. The van der Waals surface area contributed by atoms with Gasteiger partial charge in [0.15, 0.2) is 5.72 Å². The largest absolute Gasteiger partial charge is 0.365 e. The van der Waals surface area contributed by atoms with Crippen LogP contribution in [0.2, 0.25) is 5.02 Å². The van der Waals surface area contributed by atoms with Gasteiger partial charge in [-0.2, -0.15) is 10.1 Å². The van der Waals surface area contributed by atoms with Crippen molar-refractivity contribution < 1.29 is 9.90 Å². The Balaban J connectivity index is 2.05. The predicted octanol–water partition coefficient (Wildman–Crippen LogP) is 3.80. The summed E-state index contributed by atoms with van der Waals surface area (Å²) in [6, 6.07) is 15.9. The molecule has 0 saturated heterocycles. The first-order chi connectivity index (χ1) is 11.1. The molecule has 0 spiro atoms. The van der Waals surface area contributed by atoms with Crippen LogP contribution in [-0.4, -0.2) is 21.7 Å². The van der Waals surface area contributed by atoms with Crippen LogP contribution in [0, 0.1) is 0 Å². The number of halogens is 1. The van der Waals surface area contributed by atoms with Crippen LogP contribution >= 0.6 is 11.6 Å². The first kappa shape index (κ1) is 15.7. The van der Waals surface area contributed by atoms with Crippen LogP contribution in [0.1, 0.15) is 35.7 Å². The molecule has 1 unspecified atom stereocenters. The second-order valence-corrected chi connectivity index (χ2v) is 5.88. The highest BCUT2D eigenvalue weighted by Gasteiger charge is 2.45. The van der Waals surface area contributed by atoms with E-state index in [1.165, 1.54) is 0 Å². The van der Waals surface area contributed by atoms with Crippen LogP contribution < -0.4 is 0 Å². The summed E-state index contributed by atoms with van der Waals surface area (Å²) in [6.07, 6.45) is 0.963. The SMILES string of the molecule is CCC1=NN(C(=O)c2ccccc2Cl)C(O)(c2ccccc2)C1. The summed E-state index contributed by atoms with van der Waals surface area (Å²) >= 11 is 6.13. The molecule has 0 saturated carbocycles. The Morgan fingerprint density at radius 3 is 2.52 bits per heavy atom. The van der Waals surface area contributed by atoms with Gasteiger partial charge >= 0.3 is 0 Å². The summed E-state index contributed by atoms with van der Waals surface area (Å²) in [5.41, 5.74) is 0.247. The number of carbonyl (C=O) groups excluding carboxylic acids is 1. The second-order valence-electron chi connectivity index (χ2n) is 5.48. The number of nitrogens with zero attached hydrogens (tertiary/aromatic N) is 2. The maximum atomic E-state index is 12.9. The van der Waals surface area contributed by atoms with Crippen LogP contribution in [0.15, 0.2) is 59.7 Å². The van der Waals surface area contributed by atoms with Gasteiger partial charge in [0.05, 0.1) is 10.6 Å². The van der Waals surface area contributed by atoms with E-state index in [1.54, 1.807) is 36.4 Å². The van der Waals surface area contributed by atoms with Crippen LogP contribution in [0.25, 0.3) is 0 Å². The number of hydrazone groups is 1. The molecule has 2 aromatic carbocycles. The van der Waals surface area contributed by atoms with Crippen LogP contribution in [0.3, 0.4) is 0 Å². The smallest absolute Gasteiger partial charge is 0.278 e. The monoisotopic (exact) mass is 328 g/mol. The summed E-state index contributed by atoms with van der Waals surface area (Å²) in [4.78, 5) is 12.9. The molecule has 0 aliphatic carbocycles. The maximum absolute atomic E-state index is 12.9. The van der Waals surface area contributed by atoms with Gasteiger partial charge in [0.2, 0.25) is 0 Å². The van der Waals surface area contributed by atoms with Gasteiger partial charge in [0.25, 0.3) is 5.91 Å². The number of hydrogen-bond acceptors (Lipinski definition) is 3. The van der Waals surface area contributed by atoms with Crippen molar-refractivity contribution in [3.05, 3.63) is 70.7 Å². The third-order valence-corrected chi connectivity index (χ3v) is 4.31. The van der Waals surface area contributed by atoms with Gasteiger partial charge in [-0.1, -0.05) is 61.0 Å². The highest BCUT2D eigenvalue weighted by molar-refractivity contribution is 6.33. The fourth-order valence-corrected chi connectivity index (χ4v) is 2.92. The maximum Gasteiger partial charge on any atom is 0.278 e. The molecule has 1 atom stereocenters. The van der Waals surface area contributed by atoms with Gasteiger partial charge in [-0.15, -0.1) is 0 Å². The molecular weight excluding hydrogens is 312 g/mol. The van der Waals surface area contributed by atoms with E-state index >= 15 is 0 Å². The van der Waals surface area contributed by atoms with Gasteiger partial charge < -0.3 is 5.11 Å². The summed E-state index contributed by atoms with van der Waals surface area (Å²) in [7, 11) is 0. The standard InChI is InChI=1S/C18H17ClN2O2/c1-2-14-12-18(23,13-8-4-3-5-9-13)21(20-14)17(22)15-10-6-7-11-16(15)19/h3-11,23H,2,12H2,1H3. The Bertz CT molecular complexity index is 761. The molecule has 1 amide bonds. The summed E-state index contributed by atoms with van der Waals surface area (Å²) < 4.78 is 0. The molecule has 23 heavy (non-hydrogen) atoms. The summed E-state index contributed by atoms with van der Waals surface area (Å²) in [5.74, 6) is -0.412. The van der Waals surface area contributed by atoms with Gasteiger partial charge in [-0.05, 0) is 18.6 Å². The van der Waals surface area contributed by atoms with Gasteiger partial charge in [-0.3, -0.25) is 4.79 Å². The van der Waals surface area contributed by atoms with Crippen molar-refractivity contribution in [3.8, 4) is 0 Å². The van der Waals surface area contributed by atoms with Crippen molar-refractivity contribution in [1.82, 2.24) is 5.01 Å². The zero-order valence-electron chi connectivity index (χ0n) is 12.7. The Kier molecular flexibility index (Phi) is 4.20. The van der Waals surface area contributed by atoms with E-state index < -0.39 is 11.6 Å².